The summed E-state index contributed by atoms with van der Waals surface area (Å²) in [7, 11) is 0. The smallest absolute Gasteiger partial charge is 0.245 e. The molecule has 0 radical (unpaired) electrons. The standard InChI is InChI=1S/C47H65N11O7/c1-29(59)53-37(25-30-13-4-2-5-14-30)42(61)55-36-19-10-11-22-50-41(60)35(21-23-51-47(48)49)54-44(63)39(27-32-28-52-34-18-9-8-17-33(32)34)56-43(62)38(26-31-15-6-3-7-16-31)57-45(64)40-20-12-24-58(40)46(36)65/h2,4-5,8-9,13-14,17-18,28,31,35-40,52H,3,6-7,10-12,15-16,19-27H2,1H3,(H,50,60)(H,53,59)(H,54,63)(H,55,61)(H,56,62)(H,57,64)(H4,48,49,51)/t35-,36+,37+,38-,39+,40+/m1/s1. The molecular weight excluding hydrogens is 831 g/mol. The number of aromatic amines is 1. The van der Waals surface area contributed by atoms with E-state index in [0.29, 0.717) is 32.1 Å². The van der Waals surface area contributed by atoms with Gasteiger partial charge in [0.05, 0.1) is 0 Å². The fourth-order valence-corrected chi connectivity index (χ4v) is 9.27. The number of nitrogens with zero attached hydrogens (tertiary/aromatic N) is 2. The molecule has 3 aliphatic rings. The molecule has 3 heterocycles. The third kappa shape index (κ3) is 13.8. The van der Waals surface area contributed by atoms with Gasteiger partial charge >= 0.3 is 0 Å². The fourth-order valence-electron chi connectivity index (χ4n) is 9.27. The lowest BCUT2D eigenvalue weighted by Crippen LogP contribution is -2.60. The zero-order valence-corrected chi connectivity index (χ0v) is 37.2. The van der Waals surface area contributed by atoms with Crippen LogP contribution in [-0.2, 0) is 46.4 Å². The number of benzene rings is 2. The number of nitrogens with two attached hydrogens (primary N) is 2. The molecule has 18 heteroatoms. The van der Waals surface area contributed by atoms with E-state index in [0.717, 1.165) is 54.1 Å². The lowest BCUT2D eigenvalue weighted by atomic mass is 9.84. The van der Waals surface area contributed by atoms with Crippen LogP contribution >= 0.6 is 0 Å². The van der Waals surface area contributed by atoms with E-state index in [9.17, 15) is 33.6 Å². The number of aliphatic imine (C=N–C) groups is 1. The van der Waals surface area contributed by atoms with Gasteiger partial charge in [-0.15, -0.1) is 0 Å². The molecule has 1 aliphatic carbocycles. The summed E-state index contributed by atoms with van der Waals surface area (Å²) in [5, 5.41) is 18.2. The van der Waals surface area contributed by atoms with Crippen LogP contribution in [-0.4, -0.2) is 113 Å². The van der Waals surface area contributed by atoms with E-state index in [2.05, 4.69) is 41.9 Å². The number of carbonyl (C=O) groups is 7. The van der Waals surface area contributed by atoms with Crippen LogP contribution in [0.4, 0.5) is 0 Å². The molecule has 6 rings (SSSR count). The number of amides is 7. The van der Waals surface area contributed by atoms with E-state index in [4.69, 9.17) is 11.5 Å². The van der Waals surface area contributed by atoms with Gasteiger partial charge in [-0.3, -0.25) is 38.6 Å². The van der Waals surface area contributed by atoms with E-state index in [1.54, 1.807) is 6.20 Å². The molecule has 1 aromatic heterocycles. The summed E-state index contributed by atoms with van der Waals surface area (Å²) >= 11 is 0. The number of hydrogen-bond donors (Lipinski definition) is 9. The largest absolute Gasteiger partial charge is 0.370 e. The molecule has 0 spiro atoms. The summed E-state index contributed by atoms with van der Waals surface area (Å²) in [4.78, 5) is 107. The molecule has 0 bridgehead atoms. The van der Waals surface area contributed by atoms with Crippen LogP contribution in [0.1, 0.15) is 95.1 Å². The zero-order valence-electron chi connectivity index (χ0n) is 37.2. The number of carbonyl (C=O) groups excluding carboxylic acids is 7. The number of hydrogen-bond acceptors (Lipinski definition) is 8. The first-order valence-corrected chi connectivity index (χ1v) is 23.1. The van der Waals surface area contributed by atoms with Gasteiger partial charge in [0.2, 0.25) is 41.4 Å². The normalized spacial score (nSPS) is 23.6. The van der Waals surface area contributed by atoms with Crippen molar-refractivity contribution in [2.24, 2.45) is 22.4 Å². The summed E-state index contributed by atoms with van der Waals surface area (Å²) in [6.45, 7) is 1.77. The molecule has 3 aromatic rings. The number of para-hydroxylation sites is 1. The topological polar surface area (TPSA) is 275 Å². The number of H-pyrrole nitrogens is 1. The van der Waals surface area contributed by atoms with E-state index < -0.39 is 77.6 Å². The first-order valence-electron chi connectivity index (χ1n) is 23.1. The van der Waals surface area contributed by atoms with Gasteiger partial charge in [0.1, 0.15) is 36.3 Å². The Morgan fingerprint density at radius 3 is 2.23 bits per heavy atom. The summed E-state index contributed by atoms with van der Waals surface area (Å²) < 4.78 is 0. The fraction of sp³-hybridized carbons (Fsp3) is 0.532. The van der Waals surface area contributed by atoms with E-state index in [1.807, 2.05) is 54.6 Å². The summed E-state index contributed by atoms with van der Waals surface area (Å²) in [6.07, 6.45) is 9.04. The highest BCUT2D eigenvalue weighted by molar-refractivity contribution is 5.98. The van der Waals surface area contributed by atoms with Crippen molar-refractivity contribution < 1.29 is 33.6 Å². The second kappa shape index (κ2) is 23.5. The van der Waals surface area contributed by atoms with Crippen LogP contribution in [0.25, 0.3) is 10.9 Å². The quantitative estimate of drug-likeness (QED) is 0.0936. The summed E-state index contributed by atoms with van der Waals surface area (Å²) in [5.74, 6) is -3.63. The maximum atomic E-state index is 14.6. The first kappa shape index (κ1) is 48.0. The minimum absolute atomic E-state index is 0.0283. The number of aromatic nitrogens is 1. The van der Waals surface area contributed by atoms with Gasteiger partial charge in [0.25, 0.3) is 0 Å². The lowest BCUT2D eigenvalue weighted by Gasteiger charge is -2.32. The molecule has 2 saturated heterocycles. The Labute approximate surface area is 379 Å². The number of rotatable bonds is 12. The van der Waals surface area contributed by atoms with Gasteiger partial charge in [-0.05, 0) is 68.1 Å². The molecule has 2 aliphatic heterocycles. The Kier molecular flexibility index (Phi) is 17.3. The van der Waals surface area contributed by atoms with Crippen molar-refractivity contribution in [2.45, 2.75) is 133 Å². The molecule has 65 heavy (non-hydrogen) atoms. The van der Waals surface area contributed by atoms with E-state index in [1.165, 1.54) is 11.8 Å². The number of guanidine groups is 1. The molecule has 7 amide bonds. The highest BCUT2D eigenvalue weighted by atomic mass is 16.2. The maximum Gasteiger partial charge on any atom is 0.245 e. The van der Waals surface area contributed by atoms with Gasteiger partial charge in [0.15, 0.2) is 5.96 Å². The highest BCUT2D eigenvalue weighted by Gasteiger charge is 2.40. The van der Waals surface area contributed by atoms with Crippen LogP contribution in [0.5, 0.6) is 0 Å². The molecule has 11 N–H and O–H groups in total. The molecule has 3 fully saturated rings. The van der Waals surface area contributed by atoms with Crippen LogP contribution in [0, 0.1) is 5.92 Å². The van der Waals surface area contributed by atoms with Crippen molar-refractivity contribution in [1.82, 2.24) is 41.8 Å². The van der Waals surface area contributed by atoms with Crippen LogP contribution in [0.15, 0.2) is 65.8 Å². The number of fused-ring (bicyclic) bond motifs is 2. The van der Waals surface area contributed by atoms with Crippen molar-refractivity contribution >= 4 is 58.2 Å². The van der Waals surface area contributed by atoms with E-state index in [-0.39, 0.29) is 57.2 Å². The Hall–Kier alpha value is -6.46. The van der Waals surface area contributed by atoms with Gasteiger partial charge in [-0.25, -0.2) is 0 Å². The molecule has 0 unspecified atom stereocenters. The van der Waals surface area contributed by atoms with Gasteiger partial charge < -0.3 is 53.3 Å². The van der Waals surface area contributed by atoms with Gasteiger partial charge in [0, 0.05) is 56.5 Å². The Balaban J connectivity index is 1.31. The van der Waals surface area contributed by atoms with Crippen LogP contribution in [0.2, 0.25) is 0 Å². The van der Waals surface area contributed by atoms with Crippen molar-refractivity contribution in [3.05, 3.63) is 71.9 Å². The molecular formula is C47H65N11O7. The predicted octanol–water partition coefficient (Wildman–Crippen LogP) is 1.32. The average Bonchev–Trinajstić information content (AvgIpc) is 3.95. The van der Waals surface area contributed by atoms with Crippen molar-refractivity contribution in [3.63, 3.8) is 0 Å². The molecule has 2 aromatic carbocycles. The predicted molar refractivity (Wildman–Crippen MR) is 246 cm³/mol. The van der Waals surface area contributed by atoms with Gasteiger partial charge in [-0.2, -0.15) is 0 Å². The molecule has 350 valence electrons. The third-order valence-corrected chi connectivity index (χ3v) is 12.7. The van der Waals surface area contributed by atoms with Gasteiger partial charge in [-0.1, -0.05) is 80.6 Å². The zero-order chi connectivity index (χ0) is 46.3. The maximum absolute atomic E-state index is 14.6. The number of nitrogens with one attached hydrogen (secondary N) is 7. The Bertz CT molecular complexity index is 2170. The Morgan fingerprint density at radius 1 is 0.785 bits per heavy atom. The second-order valence-corrected chi connectivity index (χ2v) is 17.6. The van der Waals surface area contributed by atoms with Crippen LogP contribution in [0.3, 0.4) is 0 Å². The third-order valence-electron chi connectivity index (χ3n) is 12.7. The molecule has 18 nitrogen and oxygen atoms in total. The minimum Gasteiger partial charge on any atom is -0.370 e. The Morgan fingerprint density at radius 2 is 1.48 bits per heavy atom. The van der Waals surface area contributed by atoms with Crippen molar-refractivity contribution in [1.29, 1.82) is 0 Å². The van der Waals surface area contributed by atoms with Crippen LogP contribution < -0.4 is 43.4 Å². The lowest BCUT2D eigenvalue weighted by molar-refractivity contribution is -0.142. The minimum atomic E-state index is -1.16. The molecule has 6 atom stereocenters. The van der Waals surface area contributed by atoms with Crippen molar-refractivity contribution in [3.8, 4) is 0 Å². The monoisotopic (exact) mass is 896 g/mol. The highest BCUT2D eigenvalue weighted by Crippen LogP contribution is 2.28. The van der Waals surface area contributed by atoms with E-state index >= 15 is 0 Å². The molecule has 1 saturated carbocycles. The summed E-state index contributed by atoms with van der Waals surface area (Å²) in [6, 6.07) is 10.5. The SMILES string of the molecule is CC(=O)N[C@@H](Cc1ccccc1)C(=O)N[C@H]1CCCCNC(=O)[C@@H](CCN=C(N)N)NC(=O)[C@H](Cc2c[nH]c3ccccc23)NC(=O)[C@@H](CC2CCCCC2)NC(=O)[C@@H]2CCCN2C1=O. The second-order valence-electron chi connectivity index (χ2n) is 17.6. The van der Waals surface area contributed by atoms with Crippen molar-refractivity contribution in [2.75, 3.05) is 19.6 Å². The first-order chi connectivity index (χ1) is 31.4. The average molecular weight is 896 g/mol. The summed E-state index contributed by atoms with van der Waals surface area (Å²) in [5.41, 5.74) is 13.6.